The van der Waals surface area contributed by atoms with E-state index in [0.717, 1.165) is 62.9 Å². The third-order valence-electron chi connectivity index (χ3n) is 5.10. The first kappa shape index (κ1) is 17.3. The Balaban J connectivity index is 1.67. The number of nitrogens with one attached hydrogen (secondary N) is 1. The highest BCUT2D eigenvalue weighted by Crippen LogP contribution is 2.35. The van der Waals surface area contributed by atoms with Crippen LogP contribution in [0.25, 0.3) is 0 Å². The Kier molecular flexibility index (Phi) is 5.81. The molecule has 2 aliphatic rings. The summed E-state index contributed by atoms with van der Waals surface area (Å²) in [6.07, 6.45) is 1.25. The summed E-state index contributed by atoms with van der Waals surface area (Å²) in [5.74, 6) is 2.32. The van der Waals surface area contributed by atoms with Gasteiger partial charge in [0.1, 0.15) is 5.75 Å². The standard InChI is InChI=1S/C18H29N3O3/c1-22-16-11-18(24-3)17(23-2)10-14(16)12-20-7-4-15(13-20)21-8-5-19-6-9-21/h10-11,15,19H,4-9,12-13H2,1-3H3. The zero-order chi connectivity index (χ0) is 16.9. The van der Waals surface area contributed by atoms with Gasteiger partial charge in [-0.3, -0.25) is 9.80 Å². The van der Waals surface area contributed by atoms with Crippen LogP contribution in [0, 0.1) is 0 Å². The van der Waals surface area contributed by atoms with Gasteiger partial charge in [-0.15, -0.1) is 0 Å². The van der Waals surface area contributed by atoms with Gasteiger partial charge in [0.2, 0.25) is 0 Å². The van der Waals surface area contributed by atoms with Crippen LogP contribution in [0.1, 0.15) is 12.0 Å². The van der Waals surface area contributed by atoms with E-state index in [-0.39, 0.29) is 0 Å². The maximum Gasteiger partial charge on any atom is 0.164 e. The Morgan fingerprint density at radius 2 is 1.62 bits per heavy atom. The predicted molar refractivity (Wildman–Crippen MR) is 94.2 cm³/mol. The van der Waals surface area contributed by atoms with Crippen molar-refractivity contribution in [2.75, 3.05) is 60.6 Å². The molecule has 0 radical (unpaired) electrons. The summed E-state index contributed by atoms with van der Waals surface area (Å²) in [6.45, 7) is 7.69. The summed E-state index contributed by atoms with van der Waals surface area (Å²) < 4.78 is 16.4. The van der Waals surface area contributed by atoms with Crippen LogP contribution in [-0.2, 0) is 6.54 Å². The van der Waals surface area contributed by atoms with Gasteiger partial charge in [-0.05, 0) is 12.5 Å². The fraction of sp³-hybridized carbons (Fsp3) is 0.667. The van der Waals surface area contributed by atoms with Gasteiger partial charge in [-0.25, -0.2) is 0 Å². The van der Waals surface area contributed by atoms with E-state index in [1.807, 2.05) is 12.1 Å². The molecule has 0 spiro atoms. The van der Waals surface area contributed by atoms with Gasteiger partial charge in [0.25, 0.3) is 0 Å². The van der Waals surface area contributed by atoms with Crippen molar-refractivity contribution in [2.45, 2.75) is 19.0 Å². The van der Waals surface area contributed by atoms with Gasteiger partial charge in [-0.1, -0.05) is 0 Å². The predicted octanol–water partition coefficient (Wildman–Crippen LogP) is 1.19. The molecule has 6 heteroatoms. The van der Waals surface area contributed by atoms with E-state index in [1.165, 1.54) is 6.42 Å². The van der Waals surface area contributed by atoms with Crippen molar-refractivity contribution in [3.63, 3.8) is 0 Å². The number of ether oxygens (including phenoxy) is 3. The number of hydrogen-bond donors (Lipinski definition) is 1. The second-order valence-corrected chi connectivity index (χ2v) is 6.48. The third-order valence-corrected chi connectivity index (χ3v) is 5.10. The molecule has 2 heterocycles. The lowest BCUT2D eigenvalue weighted by Crippen LogP contribution is -2.49. The number of nitrogens with zero attached hydrogens (tertiary/aromatic N) is 2. The zero-order valence-corrected chi connectivity index (χ0v) is 15.0. The first-order valence-electron chi connectivity index (χ1n) is 8.71. The van der Waals surface area contributed by atoms with Gasteiger partial charge in [0.15, 0.2) is 11.5 Å². The molecular weight excluding hydrogens is 306 g/mol. The highest BCUT2D eigenvalue weighted by molar-refractivity contribution is 5.50. The summed E-state index contributed by atoms with van der Waals surface area (Å²) in [6, 6.07) is 4.63. The lowest BCUT2D eigenvalue weighted by molar-refractivity contribution is 0.170. The first-order valence-corrected chi connectivity index (χ1v) is 8.71. The maximum atomic E-state index is 5.56. The molecule has 134 valence electrons. The van der Waals surface area contributed by atoms with E-state index in [9.17, 15) is 0 Å². The van der Waals surface area contributed by atoms with Crippen LogP contribution in [0.15, 0.2) is 12.1 Å². The Morgan fingerprint density at radius 3 is 2.29 bits per heavy atom. The van der Waals surface area contributed by atoms with Crippen LogP contribution in [0.3, 0.4) is 0 Å². The molecule has 3 rings (SSSR count). The van der Waals surface area contributed by atoms with Gasteiger partial charge < -0.3 is 19.5 Å². The van der Waals surface area contributed by atoms with Crippen molar-refractivity contribution in [3.05, 3.63) is 17.7 Å². The van der Waals surface area contributed by atoms with Crippen LogP contribution in [0.2, 0.25) is 0 Å². The van der Waals surface area contributed by atoms with E-state index in [2.05, 4.69) is 15.1 Å². The maximum absolute atomic E-state index is 5.56. The molecule has 1 N–H and O–H groups in total. The Bertz CT molecular complexity index is 547. The van der Waals surface area contributed by atoms with Gasteiger partial charge >= 0.3 is 0 Å². The molecule has 2 saturated heterocycles. The smallest absolute Gasteiger partial charge is 0.164 e. The molecule has 2 aliphatic heterocycles. The van der Waals surface area contributed by atoms with E-state index >= 15 is 0 Å². The van der Waals surface area contributed by atoms with Gasteiger partial charge in [0, 0.05) is 63.5 Å². The summed E-state index contributed by atoms with van der Waals surface area (Å²) in [4.78, 5) is 5.14. The van der Waals surface area contributed by atoms with Crippen LogP contribution >= 0.6 is 0 Å². The Hall–Kier alpha value is -1.50. The molecule has 1 aromatic rings. The largest absolute Gasteiger partial charge is 0.496 e. The fourth-order valence-electron chi connectivity index (χ4n) is 3.76. The number of piperazine rings is 1. The van der Waals surface area contributed by atoms with E-state index in [0.29, 0.717) is 11.8 Å². The van der Waals surface area contributed by atoms with Crippen molar-refractivity contribution in [2.24, 2.45) is 0 Å². The van der Waals surface area contributed by atoms with E-state index < -0.39 is 0 Å². The minimum atomic E-state index is 0.679. The molecular formula is C18H29N3O3. The van der Waals surface area contributed by atoms with Gasteiger partial charge in [-0.2, -0.15) is 0 Å². The molecule has 0 aliphatic carbocycles. The minimum Gasteiger partial charge on any atom is -0.496 e. The number of rotatable bonds is 6. The number of likely N-dealkylation sites (tertiary alicyclic amines) is 1. The molecule has 1 aromatic carbocycles. The number of hydrogen-bond acceptors (Lipinski definition) is 6. The van der Waals surface area contributed by atoms with Crippen LogP contribution < -0.4 is 19.5 Å². The van der Waals surface area contributed by atoms with Gasteiger partial charge in [0.05, 0.1) is 21.3 Å². The lowest BCUT2D eigenvalue weighted by atomic mass is 10.1. The highest BCUT2D eigenvalue weighted by atomic mass is 16.5. The average molecular weight is 335 g/mol. The number of methoxy groups -OCH3 is 3. The SMILES string of the molecule is COc1cc(OC)c(OC)cc1CN1CCC(N2CCNCC2)C1. The molecule has 0 amide bonds. The summed E-state index contributed by atoms with van der Waals surface area (Å²) in [7, 11) is 5.03. The van der Waals surface area contributed by atoms with E-state index in [4.69, 9.17) is 14.2 Å². The van der Waals surface area contributed by atoms with Crippen molar-refractivity contribution < 1.29 is 14.2 Å². The number of benzene rings is 1. The highest BCUT2D eigenvalue weighted by Gasteiger charge is 2.29. The third kappa shape index (κ3) is 3.77. The topological polar surface area (TPSA) is 46.2 Å². The molecule has 0 saturated carbocycles. The summed E-state index contributed by atoms with van der Waals surface area (Å²) >= 11 is 0. The molecule has 6 nitrogen and oxygen atoms in total. The zero-order valence-electron chi connectivity index (χ0n) is 15.0. The first-order chi connectivity index (χ1) is 11.7. The summed E-state index contributed by atoms with van der Waals surface area (Å²) in [5, 5.41) is 3.43. The molecule has 24 heavy (non-hydrogen) atoms. The molecule has 1 atom stereocenters. The normalized spacial score (nSPS) is 22.5. The molecule has 0 aromatic heterocycles. The Labute approximate surface area is 144 Å². The Morgan fingerprint density at radius 1 is 0.958 bits per heavy atom. The second kappa shape index (κ2) is 8.05. The quantitative estimate of drug-likeness (QED) is 0.843. The van der Waals surface area contributed by atoms with Crippen molar-refractivity contribution in [3.8, 4) is 17.2 Å². The van der Waals surface area contributed by atoms with Crippen LogP contribution in [0.5, 0.6) is 17.2 Å². The lowest BCUT2D eigenvalue weighted by Gasteiger charge is -2.32. The van der Waals surface area contributed by atoms with Crippen molar-refractivity contribution >= 4 is 0 Å². The minimum absolute atomic E-state index is 0.679. The summed E-state index contributed by atoms with van der Waals surface area (Å²) in [5.41, 5.74) is 1.15. The average Bonchev–Trinajstić information content (AvgIpc) is 3.10. The second-order valence-electron chi connectivity index (χ2n) is 6.48. The van der Waals surface area contributed by atoms with Crippen LogP contribution in [-0.4, -0.2) is 76.4 Å². The molecule has 2 fully saturated rings. The van der Waals surface area contributed by atoms with E-state index in [1.54, 1.807) is 21.3 Å². The monoisotopic (exact) mass is 335 g/mol. The fourth-order valence-corrected chi connectivity index (χ4v) is 3.76. The molecule has 0 bridgehead atoms. The van der Waals surface area contributed by atoms with Crippen LogP contribution in [0.4, 0.5) is 0 Å². The molecule has 1 unspecified atom stereocenters. The van der Waals surface area contributed by atoms with Crippen molar-refractivity contribution in [1.29, 1.82) is 0 Å². The van der Waals surface area contributed by atoms with Crippen molar-refractivity contribution in [1.82, 2.24) is 15.1 Å².